The molecule has 0 fully saturated rings. The topological polar surface area (TPSA) is 81.4 Å². The number of carbonyl (C=O) groups is 2. The fraction of sp³-hybridized carbons (Fsp3) is 0.231. The predicted molar refractivity (Wildman–Crippen MR) is 74.7 cm³/mol. The molecule has 1 amide bonds. The number of nitrogens with one attached hydrogen (secondary N) is 1. The predicted octanol–water partition coefficient (Wildman–Crippen LogP) is 0.930. The summed E-state index contributed by atoms with van der Waals surface area (Å²) in [6.45, 7) is 1.48. The Morgan fingerprint density at radius 3 is 2.79 bits per heavy atom. The lowest BCUT2D eigenvalue weighted by Crippen LogP contribution is -2.30. The number of nitrogens with two attached hydrogens (primary N) is 1. The first-order valence-electron chi connectivity index (χ1n) is 5.39. The summed E-state index contributed by atoms with van der Waals surface area (Å²) < 4.78 is 5.04. The van der Waals surface area contributed by atoms with Crippen LogP contribution in [-0.2, 0) is 4.79 Å². The third-order valence-electron chi connectivity index (χ3n) is 2.17. The summed E-state index contributed by atoms with van der Waals surface area (Å²) in [6.07, 6.45) is 0. The molecule has 1 aromatic carbocycles. The van der Waals surface area contributed by atoms with E-state index in [-0.39, 0.29) is 5.12 Å². The lowest BCUT2D eigenvalue weighted by atomic mass is 10.1. The minimum absolute atomic E-state index is 0.00366. The standard InChI is InChI=1S/C13H14N2O3S/c1-9(16)19-7-3-4-10-5-6-11(18-2)8-12(10)13(17)15-14/h5-6,8H,7,14H2,1-2H3,(H,15,17). The van der Waals surface area contributed by atoms with Crippen molar-refractivity contribution >= 4 is 22.8 Å². The molecule has 1 aromatic rings. The van der Waals surface area contributed by atoms with Crippen molar-refractivity contribution in [3.05, 3.63) is 29.3 Å². The average molecular weight is 278 g/mol. The zero-order chi connectivity index (χ0) is 14.3. The summed E-state index contributed by atoms with van der Waals surface area (Å²) in [5.41, 5.74) is 2.93. The van der Waals surface area contributed by atoms with E-state index < -0.39 is 5.91 Å². The Balaban J connectivity index is 2.99. The maximum absolute atomic E-state index is 11.6. The van der Waals surface area contributed by atoms with E-state index in [4.69, 9.17) is 10.6 Å². The van der Waals surface area contributed by atoms with Crippen molar-refractivity contribution in [2.75, 3.05) is 12.9 Å². The number of methoxy groups -OCH3 is 1. The van der Waals surface area contributed by atoms with Gasteiger partial charge in [-0.05, 0) is 18.2 Å². The third-order valence-corrected chi connectivity index (χ3v) is 2.87. The van der Waals surface area contributed by atoms with Crippen LogP contribution in [0.1, 0.15) is 22.8 Å². The van der Waals surface area contributed by atoms with E-state index in [1.807, 2.05) is 0 Å². The lowest BCUT2D eigenvalue weighted by Gasteiger charge is -2.05. The molecule has 0 heterocycles. The van der Waals surface area contributed by atoms with E-state index in [1.165, 1.54) is 14.0 Å². The highest BCUT2D eigenvalue weighted by molar-refractivity contribution is 8.13. The van der Waals surface area contributed by atoms with Gasteiger partial charge < -0.3 is 4.74 Å². The molecule has 5 nitrogen and oxygen atoms in total. The van der Waals surface area contributed by atoms with Crippen molar-refractivity contribution in [2.45, 2.75) is 6.92 Å². The van der Waals surface area contributed by atoms with E-state index in [2.05, 4.69) is 17.3 Å². The smallest absolute Gasteiger partial charge is 0.266 e. The number of hydrogen-bond donors (Lipinski definition) is 2. The van der Waals surface area contributed by atoms with Crippen LogP contribution in [0.25, 0.3) is 0 Å². The van der Waals surface area contributed by atoms with Gasteiger partial charge in [0.05, 0.1) is 18.4 Å². The van der Waals surface area contributed by atoms with E-state index in [1.54, 1.807) is 18.2 Å². The van der Waals surface area contributed by atoms with Crippen LogP contribution in [0, 0.1) is 11.8 Å². The number of carbonyl (C=O) groups excluding carboxylic acids is 2. The Labute approximate surface area is 115 Å². The fourth-order valence-electron chi connectivity index (χ4n) is 1.29. The summed E-state index contributed by atoms with van der Waals surface area (Å²) in [5.74, 6) is 11.3. The number of ether oxygens (including phenoxy) is 1. The highest BCUT2D eigenvalue weighted by Gasteiger charge is 2.10. The number of thioether (sulfide) groups is 1. The molecule has 0 saturated carbocycles. The SMILES string of the molecule is COc1ccc(C#CCSC(C)=O)c(C(=O)NN)c1. The largest absolute Gasteiger partial charge is 0.497 e. The average Bonchev–Trinajstić information content (AvgIpc) is 2.42. The molecule has 0 aliphatic carbocycles. The van der Waals surface area contributed by atoms with Crippen LogP contribution >= 0.6 is 11.8 Å². The van der Waals surface area contributed by atoms with Gasteiger partial charge in [-0.3, -0.25) is 15.0 Å². The zero-order valence-corrected chi connectivity index (χ0v) is 11.5. The van der Waals surface area contributed by atoms with Crippen molar-refractivity contribution in [3.8, 4) is 17.6 Å². The molecule has 0 aromatic heterocycles. The van der Waals surface area contributed by atoms with Crippen LogP contribution in [0.15, 0.2) is 18.2 Å². The first-order valence-corrected chi connectivity index (χ1v) is 6.38. The quantitative estimate of drug-likeness (QED) is 0.372. The zero-order valence-electron chi connectivity index (χ0n) is 10.6. The molecule has 0 aliphatic rings. The Hall–Kier alpha value is -1.97. The van der Waals surface area contributed by atoms with Crippen LogP contribution in [0.4, 0.5) is 0 Å². The molecular weight excluding hydrogens is 264 g/mol. The molecular formula is C13H14N2O3S. The third kappa shape index (κ3) is 4.66. The van der Waals surface area contributed by atoms with Crippen LogP contribution in [0.3, 0.4) is 0 Å². The maximum atomic E-state index is 11.6. The fourth-order valence-corrected chi connectivity index (χ4v) is 1.64. The minimum Gasteiger partial charge on any atom is -0.497 e. The van der Waals surface area contributed by atoms with Crippen LogP contribution in [0.2, 0.25) is 0 Å². The minimum atomic E-state index is -0.442. The Bertz CT molecular complexity index is 547. The molecule has 0 unspecified atom stereocenters. The van der Waals surface area contributed by atoms with Gasteiger partial charge in [0.2, 0.25) is 0 Å². The molecule has 1 rings (SSSR count). The van der Waals surface area contributed by atoms with Crippen LogP contribution in [-0.4, -0.2) is 23.9 Å². The Kier molecular flexibility index (Phi) is 5.93. The van der Waals surface area contributed by atoms with Gasteiger partial charge in [0.25, 0.3) is 5.91 Å². The summed E-state index contributed by atoms with van der Waals surface area (Å²) in [4.78, 5) is 22.4. The van der Waals surface area contributed by atoms with Gasteiger partial charge in [-0.15, -0.1) is 0 Å². The van der Waals surface area contributed by atoms with E-state index in [0.29, 0.717) is 22.6 Å². The Morgan fingerprint density at radius 2 is 2.21 bits per heavy atom. The molecule has 0 saturated heterocycles. The van der Waals surface area contributed by atoms with E-state index in [9.17, 15) is 9.59 Å². The van der Waals surface area contributed by atoms with Crippen molar-refractivity contribution < 1.29 is 14.3 Å². The molecule has 0 bridgehead atoms. The van der Waals surface area contributed by atoms with Crippen molar-refractivity contribution in [2.24, 2.45) is 5.84 Å². The molecule has 100 valence electrons. The van der Waals surface area contributed by atoms with Gasteiger partial charge in [0.15, 0.2) is 5.12 Å². The van der Waals surface area contributed by atoms with Crippen molar-refractivity contribution in [1.29, 1.82) is 0 Å². The van der Waals surface area contributed by atoms with Gasteiger partial charge in [0, 0.05) is 12.5 Å². The highest BCUT2D eigenvalue weighted by atomic mass is 32.2. The Morgan fingerprint density at radius 1 is 1.47 bits per heavy atom. The van der Waals surface area contributed by atoms with Gasteiger partial charge in [-0.2, -0.15) is 0 Å². The number of amides is 1. The van der Waals surface area contributed by atoms with Crippen LogP contribution < -0.4 is 16.0 Å². The second-order valence-corrected chi connectivity index (χ2v) is 4.62. The summed E-state index contributed by atoms with van der Waals surface area (Å²) >= 11 is 1.12. The molecule has 0 radical (unpaired) electrons. The first kappa shape index (κ1) is 15.1. The van der Waals surface area contributed by atoms with Gasteiger partial charge >= 0.3 is 0 Å². The van der Waals surface area contributed by atoms with Crippen LogP contribution in [0.5, 0.6) is 5.75 Å². The second-order valence-electron chi connectivity index (χ2n) is 3.47. The summed E-state index contributed by atoms with van der Waals surface area (Å²) in [6, 6.07) is 4.94. The molecule has 6 heteroatoms. The second kappa shape index (κ2) is 7.46. The van der Waals surface area contributed by atoms with Crippen molar-refractivity contribution in [1.82, 2.24) is 5.43 Å². The summed E-state index contributed by atoms with van der Waals surface area (Å²) in [5, 5.41) is 0.00366. The van der Waals surface area contributed by atoms with Gasteiger partial charge in [0.1, 0.15) is 5.75 Å². The lowest BCUT2D eigenvalue weighted by molar-refractivity contribution is -0.109. The van der Waals surface area contributed by atoms with Gasteiger partial charge in [-0.1, -0.05) is 23.6 Å². The summed E-state index contributed by atoms with van der Waals surface area (Å²) in [7, 11) is 1.51. The molecule has 3 N–H and O–H groups in total. The van der Waals surface area contributed by atoms with Crippen molar-refractivity contribution in [3.63, 3.8) is 0 Å². The molecule has 0 spiro atoms. The van der Waals surface area contributed by atoms with Gasteiger partial charge in [-0.25, -0.2) is 5.84 Å². The van der Waals surface area contributed by atoms with E-state index >= 15 is 0 Å². The highest BCUT2D eigenvalue weighted by Crippen LogP contribution is 2.17. The molecule has 0 aliphatic heterocycles. The number of hydrogen-bond acceptors (Lipinski definition) is 5. The molecule has 19 heavy (non-hydrogen) atoms. The number of benzene rings is 1. The van der Waals surface area contributed by atoms with E-state index in [0.717, 1.165) is 11.8 Å². The number of nitrogen functional groups attached to an aromatic ring is 1. The number of rotatable bonds is 3. The monoisotopic (exact) mass is 278 g/mol. The normalized spacial score (nSPS) is 9.21. The first-order chi connectivity index (χ1) is 9.08. The maximum Gasteiger partial charge on any atom is 0.266 e. The molecule has 0 atom stereocenters. The number of hydrazine groups is 1.